The van der Waals surface area contributed by atoms with Gasteiger partial charge < -0.3 is 0 Å². The quantitative estimate of drug-likeness (QED) is 0.664. The second-order valence-electron chi connectivity index (χ2n) is 4.70. The van der Waals surface area contributed by atoms with Crippen molar-refractivity contribution in [2.75, 3.05) is 7.11 Å². The molecule has 0 heterocycles. The Labute approximate surface area is 130 Å². The molecular weight excluding hydrogens is 319 g/mol. The van der Waals surface area contributed by atoms with Gasteiger partial charge in [0.15, 0.2) is 0 Å². The van der Waals surface area contributed by atoms with Gasteiger partial charge in [0.1, 0.15) is 0 Å². The molecule has 0 N–H and O–H groups in total. The molecule has 0 saturated heterocycles. The van der Waals surface area contributed by atoms with Gasteiger partial charge in [0.05, 0.1) is 0 Å². The molecule has 104 valence electrons. The first-order chi connectivity index (χ1) is 10.4. The predicted octanol–water partition coefficient (Wildman–Crippen LogP) is 2.21. The molecule has 0 saturated carbocycles. The molecule has 0 amide bonds. The van der Waals surface area contributed by atoms with Crippen LogP contribution in [0.2, 0.25) is 0 Å². The maximum absolute atomic E-state index is 5.28. The van der Waals surface area contributed by atoms with Gasteiger partial charge in [-0.2, -0.15) is 0 Å². The Morgan fingerprint density at radius 1 is 0.571 bits per heavy atom. The summed E-state index contributed by atoms with van der Waals surface area (Å²) in [6.45, 7) is 0. The molecule has 0 atom stereocenters. The third-order valence-corrected chi connectivity index (χ3v) is 8.49. The first kappa shape index (κ1) is 14.0. The van der Waals surface area contributed by atoms with E-state index in [-0.39, 0.29) is 0 Å². The first-order valence-corrected chi connectivity index (χ1v) is 9.74. The van der Waals surface area contributed by atoms with Gasteiger partial charge in [-0.25, -0.2) is 0 Å². The van der Waals surface area contributed by atoms with Crippen molar-refractivity contribution < 1.29 is 4.74 Å². The van der Waals surface area contributed by atoms with Crippen LogP contribution in [0.4, 0.5) is 0 Å². The van der Waals surface area contributed by atoms with E-state index < -0.39 is 14.7 Å². The fraction of sp³-hybridized carbons (Fsp3) is 0.0526. The van der Waals surface area contributed by atoms with Crippen LogP contribution in [0.1, 0.15) is 0 Å². The molecule has 0 aliphatic heterocycles. The molecule has 21 heavy (non-hydrogen) atoms. The van der Waals surface area contributed by atoms with Crippen LogP contribution in [0.15, 0.2) is 84.9 Å². The summed E-state index contributed by atoms with van der Waals surface area (Å²) in [4.78, 5) is 0. The van der Waals surface area contributed by atoms with Crippen molar-refractivity contribution in [3.63, 3.8) is 0 Å². The normalized spacial score (nSPS) is 10.6. The van der Waals surface area contributed by atoms with E-state index in [2.05, 4.69) is 84.9 Å². The number of hydrogen-bond acceptors (Lipinski definition) is 1. The number of ether oxygens (including phenoxy) is 1. The zero-order valence-corrected chi connectivity index (χ0v) is 13.8. The molecule has 0 aliphatic rings. The van der Waals surface area contributed by atoms with Gasteiger partial charge in [0, 0.05) is 0 Å². The standard InChI is InChI=1S/C19H17AsO/c1-21-19-14-12-18(13-15-19)20(16-8-4-2-5-9-16)17-10-6-3-7-11-17/h2-15H,1H3. The van der Waals surface area contributed by atoms with Crippen LogP contribution in [-0.4, -0.2) is 21.8 Å². The van der Waals surface area contributed by atoms with Gasteiger partial charge in [0.2, 0.25) is 0 Å². The zero-order chi connectivity index (χ0) is 14.5. The van der Waals surface area contributed by atoms with Gasteiger partial charge in [-0.05, 0) is 0 Å². The van der Waals surface area contributed by atoms with Crippen LogP contribution >= 0.6 is 0 Å². The summed E-state index contributed by atoms with van der Waals surface area (Å²) in [5.74, 6) is 0.911. The summed E-state index contributed by atoms with van der Waals surface area (Å²) >= 11 is -1.48. The van der Waals surface area contributed by atoms with Gasteiger partial charge in [0.25, 0.3) is 0 Å². The van der Waals surface area contributed by atoms with Crippen LogP contribution in [0.25, 0.3) is 0 Å². The molecule has 0 spiro atoms. The van der Waals surface area contributed by atoms with E-state index in [9.17, 15) is 0 Å². The van der Waals surface area contributed by atoms with Crippen molar-refractivity contribution in [1.82, 2.24) is 0 Å². The fourth-order valence-corrected chi connectivity index (χ4v) is 7.12. The van der Waals surface area contributed by atoms with E-state index in [0.29, 0.717) is 0 Å². The van der Waals surface area contributed by atoms with Gasteiger partial charge in [-0.1, -0.05) is 0 Å². The summed E-state index contributed by atoms with van der Waals surface area (Å²) < 4.78 is 9.59. The monoisotopic (exact) mass is 336 g/mol. The van der Waals surface area contributed by atoms with Crippen molar-refractivity contribution in [2.45, 2.75) is 0 Å². The van der Waals surface area contributed by atoms with Crippen molar-refractivity contribution >= 4 is 27.7 Å². The first-order valence-electron chi connectivity index (χ1n) is 6.93. The number of rotatable bonds is 4. The molecule has 1 nitrogen and oxygen atoms in total. The fourth-order valence-electron chi connectivity index (χ4n) is 2.33. The Morgan fingerprint density at radius 2 is 1.00 bits per heavy atom. The van der Waals surface area contributed by atoms with Crippen LogP contribution in [0.5, 0.6) is 5.75 Å². The van der Waals surface area contributed by atoms with Crippen molar-refractivity contribution in [3.05, 3.63) is 84.9 Å². The SMILES string of the molecule is COc1ccc([As](c2ccccc2)c2ccccc2)cc1. The minimum absolute atomic E-state index is 0.911. The second-order valence-corrected chi connectivity index (χ2v) is 9.36. The molecule has 3 rings (SSSR count). The summed E-state index contributed by atoms with van der Waals surface area (Å²) in [6, 6.07) is 30.2. The van der Waals surface area contributed by atoms with Crippen LogP contribution in [0, 0.1) is 0 Å². The summed E-state index contributed by atoms with van der Waals surface area (Å²) in [6.07, 6.45) is 0. The Kier molecular flexibility index (Phi) is 4.42. The van der Waals surface area contributed by atoms with Crippen LogP contribution in [0.3, 0.4) is 0 Å². The molecule has 0 aliphatic carbocycles. The average Bonchev–Trinajstić information content (AvgIpc) is 2.58. The minimum atomic E-state index is -1.48. The molecule has 3 aromatic carbocycles. The molecule has 3 aromatic rings. The third-order valence-electron chi connectivity index (χ3n) is 3.36. The Hall–Kier alpha value is -1.98. The van der Waals surface area contributed by atoms with Crippen LogP contribution < -0.4 is 17.8 Å². The Bertz CT molecular complexity index is 638. The predicted molar refractivity (Wildman–Crippen MR) is 90.5 cm³/mol. The maximum atomic E-state index is 5.28. The summed E-state index contributed by atoms with van der Waals surface area (Å²) in [5, 5.41) is 0. The average molecular weight is 336 g/mol. The van der Waals surface area contributed by atoms with E-state index in [4.69, 9.17) is 4.74 Å². The summed E-state index contributed by atoms with van der Waals surface area (Å²) in [5.41, 5.74) is 0. The molecule has 0 bridgehead atoms. The molecule has 2 heteroatoms. The topological polar surface area (TPSA) is 9.23 Å². The van der Waals surface area contributed by atoms with E-state index in [1.807, 2.05) is 0 Å². The van der Waals surface area contributed by atoms with Crippen molar-refractivity contribution in [2.24, 2.45) is 0 Å². The van der Waals surface area contributed by atoms with Gasteiger partial charge in [-0.15, -0.1) is 0 Å². The Morgan fingerprint density at radius 3 is 1.43 bits per heavy atom. The number of hydrogen-bond donors (Lipinski definition) is 0. The van der Waals surface area contributed by atoms with E-state index in [1.165, 1.54) is 13.1 Å². The summed E-state index contributed by atoms with van der Waals surface area (Å²) in [7, 11) is 1.71. The van der Waals surface area contributed by atoms with E-state index >= 15 is 0 Å². The zero-order valence-electron chi connectivity index (χ0n) is 11.9. The third kappa shape index (κ3) is 3.20. The molecule has 0 fully saturated rings. The van der Waals surface area contributed by atoms with Gasteiger partial charge >= 0.3 is 130 Å². The number of benzene rings is 3. The molecule has 0 radical (unpaired) electrons. The Balaban J connectivity index is 2.07. The van der Waals surface area contributed by atoms with Crippen molar-refractivity contribution in [3.8, 4) is 5.75 Å². The van der Waals surface area contributed by atoms with Gasteiger partial charge in [-0.3, -0.25) is 0 Å². The van der Waals surface area contributed by atoms with E-state index in [0.717, 1.165) is 5.75 Å². The van der Waals surface area contributed by atoms with Crippen LogP contribution in [-0.2, 0) is 0 Å². The van der Waals surface area contributed by atoms with E-state index in [1.54, 1.807) is 7.11 Å². The van der Waals surface area contributed by atoms with Crippen molar-refractivity contribution in [1.29, 1.82) is 0 Å². The second kappa shape index (κ2) is 6.65. The molecule has 0 aromatic heterocycles. The molecular formula is C19H17AsO. The molecule has 0 unspecified atom stereocenters. The number of methoxy groups -OCH3 is 1.